The second-order valence-corrected chi connectivity index (χ2v) is 6.28. The molecule has 1 heterocycles. The van der Waals surface area contributed by atoms with Gasteiger partial charge in [-0.3, -0.25) is 0 Å². The van der Waals surface area contributed by atoms with E-state index in [4.69, 9.17) is 5.26 Å². The van der Waals surface area contributed by atoms with E-state index in [9.17, 15) is 4.39 Å². The van der Waals surface area contributed by atoms with E-state index in [1.54, 1.807) is 24.3 Å². The maximum Gasteiger partial charge on any atom is 0.229 e. The maximum atomic E-state index is 13.5. The Morgan fingerprint density at radius 2 is 1.55 bits per heavy atom. The van der Waals surface area contributed by atoms with Crippen LogP contribution in [0.1, 0.15) is 5.56 Å². The minimum atomic E-state index is -0.342. The molecule has 5 nitrogen and oxygen atoms in total. The van der Waals surface area contributed by atoms with E-state index in [1.807, 2.05) is 48.5 Å². The van der Waals surface area contributed by atoms with Crippen LogP contribution in [0.25, 0.3) is 11.3 Å². The first-order chi connectivity index (χ1) is 14.2. The molecule has 0 aliphatic rings. The summed E-state index contributed by atoms with van der Waals surface area (Å²) in [5.41, 5.74) is 3.57. The first-order valence-corrected chi connectivity index (χ1v) is 8.94. The van der Waals surface area contributed by atoms with Gasteiger partial charge in [0.1, 0.15) is 11.6 Å². The highest BCUT2D eigenvalue weighted by atomic mass is 19.1. The first-order valence-electron chi connectivity index (χ1n) is 8.94. The molecule has 0 spiro atoms. The van der Waals surface area contributed by atoms with Gasteiger partial charge < -0.3 is 10.6 Å². The summed E-state index contributed by atoms with van der Waals surface area (Å²) >= 11 is 0. The fourth-order valence-corrected chi connectivity index (χ4v) is 2.80. The van der Waals surface area contributed by atoms with Crippen molar-refractivity contribution in [3.8, 4) is 17.3 Å². The van der Waals surface area contributed by atoms with E-state index in [0.717, 1.165) is 16.9 Å². The molecule has 0 radical (unpaired) electrons. The van der Waals surface area contributed by atoms with Crippen molar-refractivity contribution in [2.75, 3.05) is 10.6 Å². The summed E-state index contributed by atoms with van der Waals surface area (Å²) in [6.07, 6.45) is 0. The van der Waals surface area contributed by atoms with E-state index < -0.39 is 0 Å². The van der Waals surface area contributed by atoms with Crippen LogP contribution in [0, 0.1) is 17.1 Å². The van der Waals surface area contributed by atoms with Crippen molar-refractivity contribution in [2.24, 2.45) is 0 Å². The molecular weight excluding hydrogens is 365 g/mol. The van der Waals surface area contributed by atoms with Gasteiger partial charge in [0.05, 0.1) is 17.3 Å². The van der Waals surface area contributed by atoms with Gasteiger partial charge in [-0.2, -0.15) is 10.2 Å². The van der Waals surface area contributed by atoms with E-state index in [-0.39, 0.29) is 5.82 Å². The number of nitriles is 1. The van der Waals surface area contributed by atoms with Crippen LogP contribution in [0.3, 0.4) is 0 Å². The molecule has 0 aliphatic heterocycles. The third-order valence-electron chi connectivity index (χ3n) is 4.16. The van der Waals surface area contributed by atoms with Gasteiger partial charge in [-0.1, -0.05) is 36.4 Å². The zero-order valence-corrected chi connectivity index (χ0v) is 15.3. The Morgan fingerprint density at radius 1 is 0.759 bits per heavy atom. The van der Waals surface area contributed by atoms with Crippen LogP contribution in [0.15, 0.2) is 84.9 Å². The zero-order chi connectivity index (χ0) is 20.1. The molecule has 0 amide bonds. The van der Waals surface area contributed by atoms with Crippen molar-refractivity contribution < 1.29 is 4.39 Å². The molecule has 0 atom stereocenters. The molecule has 4 rings (SSSR count). The lowest BCUT2D eigenvalue weighted by Crippen LogP contribution is -2.02. The second kappa shape index (κ2) is 8.19. The van der Waals surface area contributed by atoms with Crippen molar-refractivity contribution in [3.63, 3.8) is 0 Å². The molecule has 1 aromatic heterocycles. The number of anilines is 4. The highest BCUT2D eigenvalue weighted by Crippen LogP contribution is 2.25. The monoisotopic (exact) mass is 381 g/mol. The zero-order valence-electron chi connectivity index (χ0n) is 15.3. The van der Waals surface area contributed by atoms with E-state index in [1.165, 1.54) is 12.1 Å². The largest absolute Gasteiger partial charge is 0.340 e. The molecule has 6 heteroatoms. The van der Waals surface area contributed by atoms with Gasteiger partial charge in [-0.25, -0.2) is 9.37 Å². The van der Waals surface area contributed by atoms with Gasteiger partial charge in [0.2, 0.25) is 5.95 Å². The quantitative estimate of drug-likeness (QED) is 0.468. The van der Waals surface area contributed by atoms with Gasteiger partial charge in [0, 0.05) is 23.0 Å². The van der Waals surface area contributed by atoms with Gasteiger partial charge in [0.15, 0.2) is 0 Å². The summed E-state index contributed by atoms with van der Waals surface area (Å²) in [4.78, 5) is 9.07. The molecule has 29 heavy (non-hydrogen) atoms. The van der Waals surface area contributed by atoms with E-state index in [2.05, 4.69) is 26.7 Å². The maximum absolute atomic E-state index is 13.5. The topological polar surface area (TPSA) is 73.6 Å². The number of benzene rings is 3. The number of hydrogen-bond acceptors (Lipinski definition) is 5. The second-order valence-electron chi connectivity index (χ2n) is 6.28. The van der Waals surface area contributed by atoms with E-state index >= 15 is 0 Å². The van der Waals surface area contributed by atoms with Gasteiger partial charge in [-0.15, -0.1) is 0 Å². The van der Waals surface area contributed by atoms with Crippen molar-refractivity contribution in [1.82, 2.24) is 9.97 Å². The third-order valence-corrected chi connectivity index (χ3v) is 4.16. The number of rotatable bonds is 5. The van der Waals surface area contributed by atoms with Gasteiger partial charge in [0.25, 0.3) is 0 Å². The lowest BCUT2D eigenvalue weighted by Gasteiger charge is -2.12. The smallest absolute Gasteiger partial charge is 0.229 e. The average molecular weight is 381 g/mol. The molecule has 3 aromatic carbocycles. The normalized spacial score (nSPS) is 10.2. The SMILES string of the molecule is N#Cc1ccc(Nc2cc(-c3ccccc3)nc(Nc3cccc(F)c3)n2)cc1. The Morgan fingerprint density at radius 3 is 2.28 bits per heavy atom. The number of nitrogens with one attached hydrogen (secondary N) is 2. The Balaban J connectivity index is 1.70. The number of hydrogen-bond donors (Lipinski definition) is 2. The Hall–Kier alpha value is -4.24. The lowest BCUT2D eigenvalue weighted by atomic mass is 10.1. The molecular formula is C23H16FN5. The summed E-state index contributed by atoms with van der Waals surface area (Å²) in [6, 6.07) is 26.9. The van der Waals surface area contributed by atoms with Crippen LogP contribution in [-0.4, -0.2) is 9.97 Å². The molecule has 0 fully saturated rings. The Kier molecular flexibility index (Phi) is 5.12. The van der Waals surface area contributed by atoms with Crippen molar-refractivity contribution in [3.05, 3.63) is 96.3 Å². The summed E-state index contributed by atoms with van der Waals surface area (Å²) < 4.78 is 13.5. The Bertz CT molecular complexity index is 1170. The molecule has 0 saturated heterocycles. The molecule has 0 saturated carbocycles. The van der Waals surface area contributed by atoms with Crippen molar-refractivity contribution in [1.29, 1.82) is 5.26 Å². The van der Waals surface area contributed by atoms with Crippen LogP contribution < -0.4 is 10.6 Å². The van der Waals surface area contributed by atoms with Crippen LogP contribution in [0.5, 0.6) is 0 Å². The average Bonchev–Trinajstić information content (AvgIpc) is 2.75. The predicted octanol–water partition coefficient (Wildman–Crippen LogP) is 5.64. The van der Waals surface area contributed by atoms with E-state index in [0.29, 0.717) is 23.0 Å². The minimum absolute atomic E-state index is 0.341. The Labute approximate surface area is 167 Å². The van der Waals surface area contributed by atoms with Crippen molar-refractivity contribution >= 4 is 23.1 Å². The summed E-state index contributed by atoms with van der Waals surface area (Å²) in [6.45, 7) is 0. The number of aromatic nitrogens is 2. The number of nitrogens with zero attached hydrogens (tertiary/aromatic N) is 3. The molecule has 0 unspecified atom stereocenters. The molecule has 0 aliphatic carbocycles. The molecule has 4 aromatic rings. The highest BCUT2D eigenvalue weighted by Gasteiger charge is 2.08. The lowest BCUT2D eigenvalue weighted by molar-refractivity contribution is 0.628. The summed E-state index contributed by atoms with van der Waals surface area (Å²) in [7, 11) is 0. The third kappa shape index (κ3) is 4.54. The van der Waals surface area contributed by atoms with Gasteiger partial charge >= 0.3 is 0 Å². The van der Waals surface area contributed by atoms with Crippen LogP contribution in [-0.2, 0) is 0 Å². The standard InChI is InChI=1S/C23H16FN5/c24-18-7-4-8-20(13-18)27-23-28-21(17-5-2-1-3-6-17)14-22(29-23)26-19-11-9-16(15-25)10-12-19/h1-14H,(H2,26,27,28,29). The summed E-state index contributed by atoms with van der Waals surface area (Å²) in [5.74, 6) is 0.570. The van der Waals surface area contributed by atoms with Crippen LogP contribution >= 0.6 is 0 Å². The molecule has 2 N–H and O–H groups in total. The number of halogens is 1. The molecule has 0 bridgehead atoms. The fourth-order valence-electron chi connectivity index (χ4n) is 2.80. The molecule has 140 valence electrons. The minimum Gasteiger partial charge on any atom is -0.340 e. The summed E-state index contributed by atoms with van der Waals surface area (Å²) in [5, 5.41) is 15.2. The van der Waals surface area contributed by atoms with Crippen LogP contribution in [0.2, 0.25) is 0 Å². The van der Waals surface area contributed by atoms with Crippen LogP contribution in [0.4, 0.5) is 27.5 Å². The highest BCUT2D eigenvalue weighted by molar-refractivity contribution is 5.69. The fraction of sp³-hybridized carbons (Fsp3) is 0. The first kappa shape index (κ1) is 18.1. The van der Waals surface area contributed by atoms with Gasteiger partial charge in [-0.05, 0) is 42.5 Å². The van der Waals surface area contributed by atoms with Crippen molar-refractivity contribution in [2.45, 2.75) is 0 Å². The predicted molar refractivity (Wildman–Crippen MR) is 112 cm³/mol.